The van der Waals surface area contributed by atoms with E-state index in [1.165, 1.54) is 0 Å². The maximum absolute atomic E-state index is 12.3. The molecule has 1 aliphatic heterocycles. The number of nitrogens with zero attached hydrogens (tertiary/aromatic N) is 1. The highest BCUT2D eigenvalue weighted by atomic mass is 16.3. The molecule has 4 N–H and O–H groups in total. The highest BCUT2D eigenvalue weighted by Crippen LogP contribution is 2.17. The zero-order valence-electron chi connectivity index (χ0n) is 11.9. The summed E-state index contributed by atoms with van der Waals surface area (Å²) in [6.45, 7) is 3.68. The van der Waals surface area contributed by atoms with E-state index in [-0.39, 0.29) is 18.1 Å². The Morgan fingerprint density at radius 1 is 1.55 bits per heavy atom. The van der Waals surface area contributed by atoms with E-state index >= 15 is 0 Å². The predicted octanol–water partition coefficient (Wildman–Crippen LogP) is 0.929. The van der Waals surface area contributed by atoms with Crippen molar-refractivity contribution in [2.45, 2.75) is 38.5 Å². The molecule has 1 aliphatic rings. The van der Waals surface area contributed by atoms with E-state index in [1.807, 2.05) is 36.1 Å². The second kappa shape index (κ2) is 6.83. The van der Waals surface area contributed by atoms with Crippen molar-refractivity contribution in [2.24, 2.45) is 5.73 Å². The largest absolute Gasteiger partial charge is 0.392 e. The van der Waals surface area contributed by atoms with Crippen molar-refractivity contribution in [2.75, 3.05) is 18.4 Å². The minimum absolute atomic E-state index is 0.0556. The maximum atomic E-state index is 12.3. The van der Waals surface area contributed by atoms with Crippen LogP contribution >= 0.6 is 0 Å². The van der Waals surface area contributed by atoms with E-state index in [2.05, 4.69) is 5.32 Å². The number of aliphatic hydroxyl groups excluding tert-OH is 1. The first-order chi connectivity index (χ1) is 9.61. The molecule has 1 amide bonds. The third-order valence-electron chi connectivity index (χ3n) is 3.85. The van der Waals surface area contributed by atoms with E-state index in [1.54, 1.807) is 0 Å². The number of para-hydroxylation sites is 1. The number of benzene rings is 1. The molecule has 1 aromatic carbocycles. The minimum Gasteiger partial charge on any atom is -0.392 e. The van der Waals surface area contributed by atoms with Gasteiger partial charge in [-0.05, 0) is 37.9 Å². The summed E-state index contributed by atoms with van der Waals surface area (Å²) in [5, 5.41) is 12.6. The molecular formula is C15H23N3O2. The Hall–Kier alpha value is -1.43. The molecule has 110 valence electrons. The van der Waals surface area contributed by atoms with E-state index in [0.29, 0.717) is 13.1 Å². The topological polar surface area (TPSA) is 78.6 Å². The van der Waals surface area contributed by atoms with Gasteiger partial charge in [0.05, 0.1) is 12.1 Å². The number of anilines is 1. The normalized spacial score (nSPS) is 21.4. The zero-order valence-corrected chi connectivity index (χ0v) is 11.9. The average Bonchev–Trinajstić information content (AvgIpc) is 2.47. The molecule has 0 aromatic heterocycles. The number of carbonyl (C=O) groups excluding carboxylic acids is 1. The maximum Gasteiger partial charge on any atom is 0.241 e. The van der Waals surface area contributed by atoms with Crippen LogP contribution in [0.25, 0.3) is 0 Å². The Kier molecular flexibility index (Phi) is 5.11. The molecule has 0 spiro atoms. The second-order valence-electron chi connectivity index (χ2n) is 5.32. The third-order valence-corrected chi connectivity index (χ3v) is 3.85. The van der Waals surface area contributed by atoms with Gasteiger partial charge >= 0.3 is 0 Å². The Labute approximate surface area is 119 Å². The van der Waals surface area contributed by atoms with Gasteiger partial charge in [0.15, 0.2) is 0 Å². The van der Waals surface area contributed by atoms with E-state index in [9.17, 15) is 9.90 Å². The van der Waals surface area contributed by atoms with Crippen LogP contribution in [0.15, 0.2) is 24.3 Å². The molecule has 0 bridgehead atoms. The summed E-state index contributed by atoms with van der Waals surface area (Å²) in [6, 6.07) is 7.30. The number of carbonyl (C=O) groups is 1. The molecule has 1 fully saturated rings. The number of piperidine rings is 1. The second-order valence-corrected chi connectivity index (χ2v) is 5.32. The number of hydrogen-bond donors (Lipinski definition) is 3. The third kappa shape index (κ3) is 3.56. The predicted molar refractivity (Wildman–Crippen MR) is 79.2 cm³/mol. The smallest absolute Gasteiger partial charge is 0.241 e. The lowest BCUT2D eigenvalue weighted by Gasteiger charge is -2.34. The van der Waals surface area contributed by atoms with Gasteiger partial charge in [0.25, 0.3) is 0 Å². The van der Waals surface area contributed by atoms with Crippen LogP contribution < -0.4 is 11.1 Å². The summed E-state index contributed by atoms with van der Waals surface area (Å²) in [7, 11) is 0. The van der Waals surface area contributed by atoms with Crippen LogP contribution in [0.3, 0.4) is 0 Å². The minimum atomic E-state index is -0.324. The summed E-state index contributed by atoms with van der Waals surface area (Å²) in [6.07, 6.45) is 1.43. The van der Waals surface area contributed by atoms with Crippen molar-refractivity contribution < 1.29 is 9.90 Å². The summed E-state index contributed by atoms with van der Waals surface area (Å²) < 4.78 is 0. The number of aliphatic hydroxyl groups is 1. The van der Waals surface area contributed by atoms with Gasteiger partial charge in [-0.15, -0.1) is 0 Å². The van der Waals surface area contributed by atoms with E-state index < -0.39 is 0 Å². The summed E-state index contributed by atoms with van der Waals surface area (Å²) in [5.74, 6) is -0.0556. The van der Waals surface area contributed by atoms with Crippen molar-refractivity contribution in [3.05, 3.63) is 29.8 Å². The summed E-state index contributed by atoms with van der Waals surface area (Å²) in [4.78, 5) is 14.3. The molecule has 0 saturated carbocycles. The Bertz CT molecular complexity index is 464. The molecule has 5 heteroatoms. The van der Waals surface area contributed by atoms with Crippen molar-refractivity contribution in [1.29, 1.82) is 0 Å². The van der Waals surface area contributed by atoms with Crippen LogP contribution in [0, 0.1) is 0 Å². The molecule has 2 rings (SSSR count). The molecule has 0 radical (unpaired) electrons. The van der Waals surface area contributed by atoms with Gasteiger partial charge in [-0.3, -0.25) is 9.69 Å². The number of rotatable bonds is 4. The monoisotopic (exact) mass is 277 g/mol. The lowest BCUT2D eigenvalue weighted by atomic mass is 10.1. The molecular weight excluding hydrogens is 254 g/mol. The Morgan fingerprint density at radius 3 is 3.00 bits per heavy atom. The van der Waals surface area contributed by atoms with Crippen molar-refractivity contribution in [3.8, 4) is 0 Å². The highest BCUT2D eigenvalue weighted by Gasteiger charge is 2.26. The number of hydrogen-bond acceptors (Lipinski definition) is 4. The SMILES string of the molecule is CC(C(=O)Nc1ccccc1CN)N1CCCC(O)C1. The molecule has 2 unspecified atom stereocenters. The standard InChI is InChI=1S/C15H23N3O2/c1-11(18-8-4-6-13(19)10-18)15(20)17-14-7-3-2-5-12(14)9-16/h2-3,5,7,11,13,19H,4,6,8-10,16H2,1H3,(H,17,20). The summed E-state index contributed by atoms with van der Waals surface area (Å²) >= 11 is 0. The van der Waals surface area contributed by atoms with Crippen LogP contribution in [0.4, 0.5) is 5.69 Å². The fourth-order valence-electron chi connectivity index (χ4n) is 2.56. The number of nitrogens with one attached hydrogen (secondary N) is 1. The first kappa shape index (κ1) is 15.0. The van der Waals surface area contributed by atoms with Crippen LogP contribution in [0.5, 0.6) is 0 Å². The number of amides is 1. The molecule has 1 saturated heterocycles. The first-order valence-corrected chi connectivity index (χ1v) is 7.12. The average molecular weight is 277 g/mol. The van der Waals surface area contributed by atoms with E-state index in [0.717, 1.165) is 30.6 Å². The molecule has 0 aliphatic carbocycles. The van der Waals surface area contributed by atoms with Gasteiger partial charge in [-0.1, -0.05) is 18.2 Å². The Balaban J connectivity index is 2.00. The zero-order chi connectivity index (χ0) is 14.5. The quantitative estimate of drug-likeness (QED) is 0.765. The van der Waals surface area contributed by atoms with Gasteiger partial charge in [-0.2, -0.15) is 0 Å². The van der Waals surface area contributed by atoms with E-state index in [4.69, 9.17) is 5.73 Å². The fourth-order valence-corrected chi connectivity index (χ4v) is 2.56. The molecule has 1 heterocycles. The van der Waals surface area contributed by atoms with Crippen molar-refractivity contribution in [1.82, 2.24) is 4.90 Å². The van der Waals surface area contributed by atoms with Gasteiger partial charge in [0, 0.05) is 18.8 Å². The molecule has 5 nitrogen and oxygen atoms in total. The van der Waals surface area contributed by atoms with Crippen LogP contribution in [-0.2, 0) is 11.3 Å². The molecule has 20 heavy (non-hydrogen) atoms. The van der Waals surface area contributed by atoms with Gasteiger partial charge in [0.1, 0.15) is 0 Å². The molecule has 2 atom stereocenters. The number of likely N-dealkylation sites (tertiary alicyclic amines) is 1. The first-order valence-electron chi connectivity index (χ1n) is 7.12. The van der Waals surface area contributed by atoms with Crippen LogP contribution in [0.2, 0.25) is 0 Å². The van der Waals surface area contributed by atoms with Gasteiger partial charge < -0.3 is 16.2 Å². The fraction of sp³-hybridized carbons (Fsp3) is 0.533. The summed E-state index contributed by atoms with van der Waals surface area (Å²) in [5.41, 5.74) is 7.36. The van der Waals surface area contributed by atoms with Crippen molar-refractivity contribution >= 4 is 11.6 Å². The molecule has 1 aromatic rings. The lowest BCUT2D eigenvalue weighted by Crippen LogP contribution is -2.48. The number of β-amino-alcohol motifs (C(OH)–C–C–N with tert-alkyl or cyclic N) is 1. The van der Waals surface area contributed by atoms with Gasteiger partial charge in [0.2, 0.25) is 5.91 Å². The Morgan fingerprint density at radius 2 is 2.30 bits per heavy atom. The number of nitrogens with two attached hydrogens (primary N) is 1. The van der Waals surface area contributed by atoms with Crippen LogP contribution in [-0.4, -0.2) is 41.1 Å². The lowest BCUT2D eigenvalue weighted by molar-refractivity contribution is -0.121. The van der Waals surface area contributed by atoms with Crippen molar-refractivity contribution in [3.63, 3.8) is 0 Å². The highest BCUT2D eigenvalue weighted by molar-refractivity contribution is 5.95. The van der Waals surface area contributed by atoms with Crippen LogP contribution in [0.1, 0.15) is 25.3 Å². The van der Waals surface area contributed by atoms with Gasteiger partial charge in [-0.25, -0.2) is 0 Å².